The molecule has 0 aliphatic carbocycles. The van der Waals surface area contributed by atoms with E-state index in [0.717, 1.165) is 43.3 Å². The van der Waals surface area contributed by atoms with Gasteiger partial charge in [-0.05, 0) is 30.7 Å². The number of hydrogen-bond acceptors (Lipinski definition) is 3. The van der Waals surface area contributed by atoms with Gasteiger partial charge in [0.05, 0.1) is 10.7 Å². The summed E-state index contributed by atoms with van der Waals surface area (Å²) in [4.78, 5) is 2.32. The fourth-order valence-corrected chi connectivity index (χ4v) is 2.36. The van der Waals surface area contributed by atoms with Crippen LogP contribution in [0.1, 0.15) is 5.56 Å². The molecule has 0 unspecified atom stereocenters. The molecule has 0 amide bonds. The number of nitrogens with two attached hydrogens (primary N) is 1. The summed E-state index contributed by atoms with van der Waals surface area (Å²) in [6, 6.07) is 6.26. The van der Waals surface area contributed by atoms with Crippen molar-refractivity contribution >= 4 is 17.3 Å². The molecule has 1 fully saturated rings. The summed E-state index contributed by atoms with van der Waals surface area (Å²) < 4.78 is 0. The van der Waals surface area contributed by atoms with E-state index in [4.69, 9.17) is 17.3 Å². The van der Waals surface area contributed by atoms with Crippen molar-refractivity contribution in [2.75, 3.05) is 37.6 Å². The van der Waals surface area contributed by atoms with Gasteiger partial charge in [-0.2, -0.15) is 0 Å². The molecule has 1 aliphatic heterocycles. The van der Waals surface area contributed by atoms with E-state index in [1.54, 1.807) is 0 Å². The normalized spacial score (nSPS) is 16.5. The molecule has 0 atom stereocenters. The number of benzene rings is 1. The summed E-state index contributed by atoms with van der Waals surface area (Å²) in [6.07, 6.45) is 0.890. The summed E-state index contributed by atoms with van der Waals surface area (Å²) in [7, 11) is 0. The first-order valence-electron chi connectivity index (χ1n) is 5.75. The molecule has 16 heavy (non-hydrogen) atoms. The fourth-order valence-electron chi connectivity index (χ4n) is 2.03. The zero-order chi connectivity index (χ0) is 11.4. The Morgan fingerprint density at radius 3 is 2.69 bits per heavy atom. The van der Waals surface area contributed by atoms with Crippen molar-refractivity contribution in [1.29, 1.82) is 0 Å². The summed E-state index contributed by atoms with van der Waals surface area (Å²) in [6.45, 7) is 4.77. The van der Waals surface area contributed by atoms with Crippen LogP contribution in [0.4, 0.5) is 5.69 Å². The molecule has 1 saturated heterocycles. The minimum absolute atomic E-state index is 0.670. The van der Waals surface area contributed by atoms with E-state index in [2.05, 4.69) is 22.3 Å². The van der Waals surface area contributed by atoms with Crippen molar-refractivity contribution in [3.8, 4) is 0 Å². The van der Waals surface area contributed by atoms with Crippen LogP contribution in [-0.4, -0.2) is 32.7 Å². The third-order valence-corrected chi connectivity index (χ3v) is 3.21. The monoisotopic (exact) mass is 239 g/mol. The second kappa shape index (κ2) is 5.53. The lowest BCUT2D eigenvalue weighted by Gasteiger charge is -2.30. The van der Waals surface area contributed by atoms with Gasteiger partial charge < -0.3 is 16.0 Å². The predicted molar refractivity (Wildman–Crippen MR) is 69.3 cm³/mol. The molecule has 1 aliphatic rings. The van der Waals surface area contributed by atoms with Crippen LogP contribution in [0.5, 0.6) is 0 Å². The summed E-state index contributed by atoms with van der Waals surface area (Å²) in [5, 5.41) is 4.17. The number of piperazine rings is 1. The minimum atomic E-state index is 0.670. The maximum Gasteiger partial charge on any atom is 0.0642 e. The lowest BCUT2D eigenvalue weighted by atomic mass is 10.1. The van der Waals surface area contributed by atoms with Gasteiger partial charge in [0.25, 0.3) is 0 Å². The van der Waals surface area contributed by atoms with Crippen molar-refractivity contribution in [2.45, 2.75) is 6.42 Å². The first-order valence-corrected chi connectivity index (χ1v) is 6.13. The molecule has 88 valence electrons. The molecule has 0 bridgehead atoms. The van der Waals surface area contributed by atoms with Crippen molar-refractivity contribution in [2.24, 2.45) is 5.73 Å². The minimum Gasteiger partial charge on any atom is -0.368 e. The van der Waals surface area contributed by atoms with Crippen LogP contribution in [0.2, 0.25) is 5.02 Å². The van der Waals surface area contributed by atoms with E-state index in [1.807, 2.05) is 6.07 Å². The standard InChI is InChI=1S/C12H18ClN3/c13-11-9-10(3-4-14)1-2-12(11)16-7-5-15-6-8-16/h1-2,9,15H,3-8,14H2. The van der Waals surface area contributed by atoms with Crippen molar-refractivity contribution < 1.29 is 0 Å². The Balaban J connectivity index is 2.14. The van der Waals surface area contributed by atoms with E-state index in [9.17, 15) is 0 Å². The highest BCUT2D eigenvalue weighted by Gasteiger charge is 2.13. The predicted octanol–water partition coefficient (Wildman–Crippen LogP) is 1.25. The van der Waals surface area contributed by atoms with Crippen LogP contribution in [0.25, 0.3) is 0 Å². The molecule has 3 nitrogen and oxygen atoms in total. The zero-order valence-corrected chi connectivity index (χ0v) is 10.1. The van der Waals surface area contributed by atoms with Crippen LogP contribution in [0.15, 0.2) is 18.2 Å². The van der Waals surface area contributed by atoms with Crippen LogP contribution < -0.4 is 16.0 Å². The second-order valence-electron chi connectivity index (χ2n) is 4.06. The molecule has 0 saturated carbocycles. The number of nitrogens with zero attached hydrogens (tertiary/aromatic N) is 1. The molecular weight excluding hydrogens is 222 g/mol. The molecular formula is C12H18ClN3. The fraction of sp³-hybridized carbons (Fsp3) is 0.500. The van der Waals surface area contributed by atoms with E-state index in [0.29, 0.717) is 6.54 Å². The Labute approximate surface area is 102 Å². The first-order chi connectivity index (χ1) is 7.81. The molecule has 2 rings (SSSR count). The molecule has 1 aromatic carbocycles. The van der Waals surface area contributed by atoms with E-state index < -0.39 is 0 Å². The van der Waals surface area contributed by atoms with Crippen molar-refractivity contribution in [3.63, 3.8) is 0 Å². The zero-order valence-electron chi connectivity index (χ0n) is 9.38. The summed E-state index contributed by atoms with van der Waals surface area (Å²) in [5.74, 6) is 0. The summed E-state index contributed by atoms with van der Waals surface area (Å²) in [5.41, 5.74) is 7.89. The molecule has 0 spiro atoms. The first kappa shape index (κ1) is 11.7. The SMILES string of the molecule is NCCc1ccc(N2CCNCC2)c(Cl)c1. The number of anilines is 1. The highest BCUT2D eigenvalue weighted by molar-refractivity contribution is 6.33. The largest absolute Gasteiger partial charge is 0.368 e. The van der Waals surface area contributed by atoms with Gasteiger partial charge >= 0.3 is 0 Å². The maximum absolute atomic E-state index is 6.30. The van der Waals surface area contributed by atoms with Gasteiger partial charge in [0.2, 0.25) is 0 Å². The van der Waals surface area contributed by atoms with Gasteiger partial charge in [-0.3, -0.25) is 0 Å². The lowest BCUT2D eigenvalue weighted by Crippen LogP contribution is -2.43. The Morgan fingerprint density at radius 2 is 2.06 bits per heavy atom. The van der Waals surface area contributed by atoms with Crippen LogP contribution >= 0.6 is 11.6 Å². The third-order valence-electron chi connectivity index (χ3n) is 2.90. The van der Waals surface area contributed by atoms with Gasteiger partial charge in [-0.25, -0.2) is 0 Å². The molecule has 0 aromatic heterocycles. The Morgan fingerprint density at radius 1 is 1.31 bits per heavy atom. The van der Waals surface area contributed by atoms with Gasteiger partial charge in [-0.15, -0.1) is 0 Å². The van der Waals surface area contributed by atoms with E-state index in [1.165, 1.54) is 5.56 Å². The van der Waals surface area contributed by atoms with Crippen LogP contribution in [-0.2, 0) is 6.42 Å². The number of halogens is 1. The van der Waals surface area contributed by atoms with Gasteiger partial charge in [-0.1, -0.05) is 17.7 Å². The number of rotatable bonds is 3. The summed E-state index contributed by atoms with van der Waals surface area (Å²) >= 11 is 6.30. The van der Waals surface area contributed by atoms with Crippen LogP contribution in [0.3, 0.4) is 0 Å². The number of hydrogen-bond donors (Lipinski definition) is 2. The average Bonchev–Trinajstić information content (AvgIpc) is 2.31. The van der Waals surface area contributed by atoms with Crippen molar-refractivity contribution in [3.05, 3.63) is 28.8 Å². The van der Waals surface area contributed by atoms with E-state index in [-0.39, 0.29) is 0 Å². The molecule has 4 heteroatoms. The lowest BCUT2D eigenvalue weighted by molar-refractivity contribution is 0.589. The topological polar surface area (TPSA) is 41.3 Å². The van der Waals surface area contributed by atoms with E-state index >= 15 is 0 Å². The molecule has 1 aromatic rings. The van der Waals surface area contributed by atoms with Gasteiger partial charge in [0.15, 0.2) is 0 Å². The average molecular weight is 240 g/mol. The maximum atomic E-state index is 6.30. The van der Waals surface area contributed by atoms with Crippen LogP contribution in [0, 0.1) is 0 Å². The quantitative estimate of drug-likeness (QED) is 0.834. The molecule has 3 N–H and O–H groups in total. The highest BCUT2D eigenvalue weighted by atomic mass is 35.5. The van der Waals surface area contributed by atoms with Gasteiger partial charge in [0.1, 0.15) is 0 Å². The Kier molecular flexibility index (Phi) is 4.04. The van der Waals surface area contributed by atoms with Gasteiger partial charge in [0, 0.05) is 26.2 Å². The Bertz CT molecular complexity index is 348. The highest BCUT2D eigenvalue weighted by Crippen LogP contribution is 2.27. The smallest absolute Gasteiger partial charge is 0.0642 e. The second-order valence-corrected chi connectivity index (χ2v) is 4.47. The Hall–Kier alpha value is -0.770. The number of nitrogens with one attached hydrogen (secondary N) is 1. The molecule has 0 radical (unpaired) electrons. The third kappa shape index (κ3) is 2.67. The van der Waals surface area contributed by atoms with Crippen molar-refractivity contribution in [1.82, 2.24) is 5.32 Å². The molecule has 1 heterocycles.